The fraction of sp³-hybridized carbons (Fsp3) is 0.250. The molecule has 0 fully saturated rings. The van der Waals surface area contributed by atoms with Gasteiger partial charge in [-0.05, 0) is 24.1 Å². The Morgan fingerprint density at radius 1 is 1.31 bits per heavy atom. The molecule has 2 aromatic rings. The van der Waals surface area contributed by atoms with E-state index in [2.05, 4.69) is 30.4 Å². The van der Waals surface area contributed by atoms with Crippen molar-refractivity contribution in [3.63, 3.8) is 0 Å². The molecule has 86 valence electrons. The highest BCUT2D eigenvalue weighted by Crippen LogP contribution is 2.19. The van der Waals surface area contributed by atoms with E-state index in [1.165, 1.54) is 5.56 Å². The summed E-state index contributed by atoms with van der Waals surface area (Å²) in [6, 6.07) is 8.25. The molecule has 4 heteroatoms. The number of benzene rings is 1. The van der Waals surface area contributed by atoms with E-state index in [1.54, 1.807) is 0 Å². The van der Waals surface area contributed by atoms with Crippen molar-refractivity contribution >= 4 is 12.4 Å². The Kier molecular flexibility index (Phi) is 4.52. The van der Waals surface area contributed by atoms with E-state index < -0.39 is 0 Å². The lowest BCUT2D eigenvalue weighted by Crippen LogP contribution is -1.95. The van der Waals surface area contributed by atoms with Gasteiger partial charge in [0, 0.05) is 24.8 Å². The Hall–Kier alpha value is -1.32. The minimum absolute atomic E-state index is 0. The summed E-state index contributed by atoms with van der Waals surface area (Å²) >= 11 is 0. The Balaban J connectivity index is 0.00000128. The van der Waals surface area contributed by atoms with Crippen LogP contribution < -0.4 is 5.73 Å². The highest BCUT2D eigenvalue weighted by molar-refractivity contribution is 5.85. The van der Waals surface area contributed by atoms with Crippen molar-refractivity contribution in [3.8, 4) is 11.1 Å². The first-order valence-corrected chi connectivity index (χ1v) is 5.15. The van der Waals surface area contributed by atoms with Crippen LogP contribution in [0.2, 0.25) is 0 Å². The van der Waals surface area contributed by atoms with Crippen molar-refractivity contribution in [2.75, 3.05) is 0 Å². The second-order valence-electron chi connectivity index (χ2n) is 3.49. The molecule has 0 bridgehead atoms. The summed E-state index contributed by atoms with van der Waals surface area (Å²) in [5.41, 5.74) is 9.08. The lowest BCUT2D eigenvalue weighted by Gasteiger charge is -2.00. The molecule has 0 unspecified atom stereocenters. The second kappa shape index (κ2) is 5.68. The maximum absolute atomic E-state index is 5.61. The van der Waals surface area contributed by atoms with Gasteiger partial charge >= 0.3 is 0 Å². The average molecular weight is 238 g/mol. The molecule has 0 spiro atoms. The van der Waals surface area contributed by atoms with Gasteiger partial charge in [0.15, 0.2) is 0 Å². The Labute approximate surface area is 102 Å². The molecule has 1 aromatic carbocycles. The molecule has 1 aromatic heterocycles. The largest absolute Gasteiger partial charge is 0.326 e. The number of aromatic nitrogens is 2. The molecule has 16 heavy (non-hydrogen) atoms. The predicted octanol–water partition coefficient (Wildman–Crippen LogP) is 2.45. The van der Waals surface area contributed by atoms with Gasteiger partial charge in [0.05, 0.1) is 6.20 Å². The van der Waals surface area contributed by atoms with Crippen LogP contribution in [0.5, 0.6) is 0 Å². The highest BCUT2D eigenvalue weighted by Gasteiger charge is 2.01. The molecule has 2 N–H and O–H groups in total. The number of nitrogens with zero attached hydrogens (tertiary/aromatic N) is 2. The van der Waals surface area contributed by atoms with Gasteiger partial charge in [-0.1, -0.05) is 18.2 Å². The Morgan fingerprint density at radius 3 is 2.75 bits per heavy atom. The van der Waals surface area contributed by atoms with Crippen molar-refractivity contribution in [3.05, 3.63) is 42.2 Å². The van der Waals surface area contributed by atoms with Gasteiger partial charge in [-0.2, -0.15) is 5.10 Å². The molecule has 0 aliphatic heterocycles. The molecule has 0 aliphatic carbocycles. The van der Waals surface area contributed by atoms with Gasteiger partial charge in [-0.15, -0.1) is 12.4 Å². The van der Waals surface area contributed by atoms with E-state index in [0.717, 1.165) is 17.7 Å². The molecular formula is C12H16ClN3. The molecule has 0 radical (unpaired) electrons. The van der Waals surface area contributed by atoms with E-state index in [1.807, 2.05) is 23.0 Å². The van der Waals surface area contributed by atoms with E-state index in [-0.39, 0.29) is 12.4 Å². The van der Waals surface area contributed by atoms with Crippen molar-refractivity contribution in [1.82, 2.24) is 9.78 Å². The predicted molar refractivity (Wildman–Crippen MR) is 68.5 cm³/mol. The highest BCUT2D eigenvalue weighted by atomic mass is 35.5. The topological polar surface area (TPSA) is 43.8 Å². The standard InChI is InChI=1S/C12H15N3.ClH/c1-2-15-9-12(8-14-15)11-5-3-4-10(6-11)7-13;/h3-6,8-9H,2,7,13H2,1H3;1H. The molecule has 1 heterocycles. The fourth-order valence-electron chi connectivity index (χ4n) is 1.56. The third-order valence-electron chi connectivity index (χ3n) is 2.45. The van der Waals surface area contributed by atoms with E-state index in [9.17, 15) is 0 Å². The van der Waals surface area contributed by atoms with Crippen LogP contribution in [0.15, 0.2) is 36.7 Å². The molecule has 0 saturated heterocycles. The molecule has 0 aliphatic rings. The van der Waals surface area contributed by atoms with Crippen LogP contribution in [0.1, 0.15) is 12.5 Å². The summed E-state index contributed by atoms with van der Waals surface area (Å²) < 4.78 is 1.92. The van der Waals surface area contributed by atoms with Crippen molar-refractivity contribution in [2.45, 2.75) is 20.0 Å². The average Bonchev–Trinajstić information content (AvgIpc) is 2.78. The smallest absolute Gasteiger partial charge is 0.0568 e. The summed E-state index contributed by atoms with van der Waals surface area (Å²) in [5.74, 6) is 0. The molecule has 0 amide bonds. The zero-order valence-electron chi connectivity index (χ0n) is 9.26. The second-order valence-corrected chi connectivity index (χ2v) is 3.49. The molecule has 0 saturated carbocycles. The van der Waals surface area contributed by atoms with Gasteiger partial charge in [0.1, 0.15) is 0 Å². The van der Waals surface area contributed by atoms with Crippen molar-refractivity contribution in [2.24, 2.45) is 5.73 Å². The van der Waals surface area contributed by atoms with Gasteiger partial charge < -0.3 is 5.73 Å². The summed E-state index contributed by atoms with van der Waals surface area (Å²) in [6.45, 7) is 3.55. The quantitative estimate of drug-likeness (QED) is 0.891. The van der Waals surface area contributed by atoms with Crippen LogP contribution in [0.25, 0.3) is 11.1 Å². The first kappa shape index (κ1) is 12.7. The van der Waals surface area contributed by atoms with E-state index in [4.69, 9.17) is 5.73 Å². The van der Waals surface area contributed by atoms with Crippen LogP contribution in [0.4, 0.5) is 0 Å². The zero-order valence-corrected chi connectivity index (χ0v) is 10.1. The third kappa shape index (κ3) is 2.62. The van der Waals surface area contributed by atoms with Gasteiger partial charge in [0.25, 0.3) is 0 Å². The molecular weight excluding hydrogens is 222 g/mol. The van der Waals surface area contributed by atoms with Gasteiger partial charge in [-0.25, -0.2) is 0 Å². The maximum atomic E-state index is 5.61. The number of hydrogen-bond acceptors (Lipinski definition) is 2. The molecule has 3 nitrogen and oxygen atoms in total. The van der Waals surface area contributed by atoms with Gasteiger partial charge in [0.2, 0.25) is 0 Å². The summed E-state index contributed by atoms with van der Waals surface area (Å²) in [4.78, 5) is 0. The van der Waals surface area contributed by atoms with Crippen LogP contribution in [-0.2, 0) is 13.1 Å². The first-order chi connectivity index (χ1) is 7.33. The monoisotopic (exact) mass is 237 g/mol. The fourth-order valence-corrected chi connectivity index (χ4v) is 1.56. The zero-order chi connectivity index (χ0) is 10.7. The summed E-state index contributed by atoms with van der Waals surface area (Å²) in [6.07, 6.45) is 3.94. The number of aryl methyl sites for hydroxylation is 1. The van der Waals surface area contributed by atoms with Crippen molar-refractivity contribution in [1.29, 1.82) is 0 Å². The summed E-state index contributed by atoms with van der Waals surface area (Å²) in [5, 5.41) is 4.25. The van der Waals surface area contributed by atoms with Crippen LogP contribution in [0, 0.1) is 0 Å². The molecule has 2 rings (SSSR count). The lowest BCUT2D eigenvalue weighted by atomic mass is 10.1. The Bertz CT molecular complexity index is 451. The number of hydrogen-bond donors (Lipinski definition) is 1. The first-order valence-electron chi connectivity index (χ1n) is 5.15. The number of halogens is 1. The van der Waals surface area contributed by atoms with Gasteiger partial charge in [-0.3, -0.25) is 4.68 Å². The normalized spacial score (nSPS) is 9.88. The SMILES string of the molecule is CCn1cc(-c2cccc(CN)c2)cn1.Cl. The summed E-state index contributed by atoms with van der Waals surface area (Å²) in [7, 11) is 0. The minimum Gasteiger partial charge on any atom is -0.326 e. The number of rotatable bonds is 3. The van der Waals surface area contributed by atoms with E-state index >= 15 is 0 Å². The third-order valence-corrected chi connectivity index (χ3v) is 2.45. The van der Waals surface area contributed by atoms with Crippen molar-refractivity contribution < 1.29 is 0 Å². The van der Waals surface area contributed by atoms with Crippen LogP contribution in [-0.4, -0.2) is 9.78 Å². The van der Waals surface area contributed by atoms with E-state index in [0.29, 0.717) is 6.54 Å². The molecule has 0 atom stereocenters. The minimum atomic E-state index is 0. The lowest BCUT2D eigenvalue weighted by molar-refractivity contribution is 0.660. The maximum Gasteiger partial charge on any atom is 0.0568 e. The van der Waals surface area contributed by atoms with Crippen LogP contribution in [0.3, 0.4) is 0 Å². The van der Waals surface area contributed by atoms with Crippen LogP contribution >= 0.6 is 12.4 Å². The Morgan fingerprint density at radius 2 is 2.12 bits per heavy atom. The number of nitrogens with two attached hydrogens (primary N) is 1.